The van der Waals surface area contributed by atoms with Crippen LogP contribution in [0.5, 0.6) is 0 Å². The molecule has 0 aliphatic rings. The minimum atomic E-state index is -0.948. The number of aromatic amines is 1. The second-order valence-corrected chi connectivity index (χ2v) is 5.79. The van der Waals surface area contributed by atoms with E-state index >= 15 is 0 Å². The van der Waals surface area contributed by atoms with Gasteiger partial charge in [-0.1, -0.05) is 12.6 Å². The Morgan fingerprint density at radius 2 is 2.04 bits per heavy atom. The van der Waals surface area contributed by atoms with E-state index in [1.54, 1.807) is 10.7 Å². The molecule has 4 rings (SSSR count). The van der Waals surface area contributed by atoms with Gasteiger partial charge >= 0.3 is 0 Å². The molecule has 2 N–H and O–H groups in total. The maximum absolute atomic E-state index is 13.5. The van der Waals surface area contributed by atoms with Crippen molar-refractivity contribution in [1.29, 1.82) is 0 Å². The van der Waals surface area contributed by atoms with Gasteiger partial charge in [0.2, 0.25) is 0 Å². The summed E-state index contributed by atoms with van der Waals surface area (Å²) in [6.45, 7) is 5.82. The zero-order chi connectivity index (χ0) is 18.3. The van der Waals surface area contributed by atoms with Crippen LogP contribution in [0.15, 0.2) is 49.2 Å². The van der Waals surface area contributed by atoms with E-state index in [2.05, 4.69) is 32.2 Å². The number of benzene rings is 1. The summed E-state index contributed by atoms with van der Waals surface area (Å²) >= 11 is 0. The maximum Gasteiger partial charge on any atom is 0.182 e. The zero-order valence-electron chi connectivity index (χ0n) is 13.8. The lowest BCUT2D eigenvalue weighted by Gasteiger charge is -2.10. The molecule has 0 aliphatic heterocycles. The third kappa shape index (κ3) is 2.81. The number of anilines is 2. The van der Waals surface area contributed by atoms with Gasteiger partial charge in [0.1, 0.15) is 5.52 Å². The molecule has 8 heteroatoms. The van der Waals surface area contributed by atoms with Crippen molar-refractivity contribution in [3.63, 3.8) is 0 Å². The number of hydrogen-bond acceptors (Lipinski definition) is 4. The van der Waals surface area contributed by atoms with Gasteiger partial charge < -0.3 is 5.32 Å². The normalized spacial score (nSPS) is 11.0. The lowest BCUT2D eigenvalue weighted by atomic mass is 10.1. The molecule has 3 heterocycles. The number of nitrogens with zero attached hydrogens (tertiary/aromatic N) is 4. The number of fused-ring (bicyclic) bond motifs is 1. The van der Waals surface area contributed by atoms with E-state index in [0.717, 1.165) is 23.3 Å². The van der Waals surface area contributed by atoms with Crippen LogP contribution in [0.25, 0.3) is 11.1 Å². The van der Waals surface area contributed by atoms with Crippen molar-refractivity contribution in [1.82, 2.24) is 24.8 Å². The predicted molar refractivity (Wildman–Crippen MR) is 94.1 cm³/mol. The molecule has 0 atom stereocenters. The number of hydrogen-bond donors (Lipinski definition) is 2. The van der Waals surface area contributed by atoms with Gasteiger partial charge in [0.25, 0.3) is 0 Å². The summed E-state index contributed by atoms with van der Waals surface area (Å²) in [5.41, 5.74) is 2.42. The van der Waals surface area contributed by atoms with Crippen LogP contribution in [0.2, 0.25) is 0 Å². The fraction of sp³-hybridized carbons (Fsp3) is 0.0556. The Morgan fingerprint density at radius 1 is 1.19 bits per heavy atom. The molecule has 6 nitrogen and oxygen atoms in total. The van der Waals surface area contributed by atoms with Crippen LogP contribution < -0.4 is 5.32 Å². The van der Waals surface area contributed by atoms with Crippen LogP contribution in [-0.2, 0) is 0 Å². The Hall–Kier alpha value is -3.55. The van der Waals surface area contributed by atoms with Gasteiger partial charge in [-0.25, -0.2) is 18.3 Å². The molecule has 130 valence electrons. The molecule has 4 aromatic rings. The highest BCUT2D eigenvalue weighted by Gasteiger charge is 2.14. The quantitative estimate of drug-likeness (QED) is 0.585. The molecular weight excluding hydrogens is 338 g/mol. The summed E-state index contributed by atoms with van der Waals surface area (Å²) in [6, 6.07) is 9.08. The van der Waals surface area contributed by atoms with E-state index in [1.165, 1.54) is 6.07 Å². The predicted octanol–water partition coefficient (Wildman–Crippen LogP) is 3.84. The number of rotatable bonds is 4. The summed E-state index contributed by atoms with van der Waals surface area (Å²) in [4.78, 5) is 4.49. The smallest absolute Gasteiger partial charge is 0.182 e. The highest BCUT2D eigenvalue weighted by atomic mass is 19.2. The van der Waals surface area contributed by atoms with Crippen LogP contribution in [0, 0.1) is 18.6 Å². The summed E-state index contributed by atoms with van der Waals surface area (Å²) < 4.78 is 28.4. The summed E-state index contributed by atoms with van der Waals surface area (Å²) in [5.74, 6) is -0.450. The van der Waals surface area contributed by atoms with Crippen LogP contribution in [0.3, 0.4) is 0 Å². The van der Waals surface area contributed by atoms with Crippen LogP contribution in [0.1, 0.15) is 17.1 Å². The molecular formula is C18H14F2N6. The largest absolute Gasteiger partial charge is 0.322 e. The Labute approximate surface area is 147 Å². The monoisotopic (exact) mass is 352 g/mol. The molecule has 0 spiro atoms. The summed E-state index contributed by atoms with van der Waals surface area (Å²) in [6.07, 6.45) is 1.76. The Kier molecular flexibility index (Phi) is 3.72. The third-order valence-electron chi connectivity index (χ3n) is 3.88. The molecule has 0 radical (unpaired) electrons. The minimum absolute atomic E-state index is 0.287. The molecule has 0 unspecified atom stereocenters. The fourth-order valence-electron chi connectivity index (χ4n) is 2.57. The van der Waals surface area contributed by atoms with Gasteiger partial charge in [-0.3, -0.25) is 5.10 Å². The Balaban J connectivity index is 1.77. The van der Waals surface area contributed by atoms with Crippen molar-refractivity contribution in [3.8, 4) is 0 Å². The molecule has 0 bridgehead atoms. The van der Waals surface area contributed by atoms with Gasteiger partial charge in [0.05, 0.1) is 0 Å². The van der Waals surface area contributed by atoms with Gasteiger partial charge in [0, 0.05) is 23.5 Å². The summed E-state index contributed by atoms with van der Waals surface area (Å²) in [5, 5.41) is 14.5. The van der Waals surface area contributed by atoms with Crippen molar-refractivity contribution in [2.24, 2.45) is 0 Å². The lowest BCUT2D eigenvalue weighted by molar-refractivity contribution is 0.508. The van der Waals surface area contributed by atoms with E-state index in [4.69, 9.17) is 0 Å². The van der Waals surface area contributed by atoms with Crippen molar-refractivity contribution >= 4 is 22.7 Å². The van der Waals surface area contributed by atoms with E-state index in [0.29, 0.717) is 22.8 Å². The average molecular weight is 352 g/mol. The zero-order valence-corrected chi connectivity index (χ0v) is 13.8. The van der Waals surface area contributed by atoms with E-state index in [-0.39, 0.29) is 5.82 Å². The standard InChI is InChI=1S/C18H14F2N6/c1-10-8-16(24-23-10)21-18-15-4-3-7-26(15)25-17(22-18)11(2)12-5-6-13(19)14(20)9-12/h3-9H,2H2,1H3,(H2,21,22,23,24,25). The van der Waals surface area contributed by atoms with E-state index < -0.39 is 11.6 Å². The van der Waals surface area contributed by atoms with Crippen molar-refractivity contribution in [3.05, 3.63) is 77.9 Å². The third-order valence-corrected chi connectivity index (χ3v) is 3.88. The van der Waals surface area contributed by atoms with Gasteiger partial charge in [-0.15, -0.1) is 5.10 Å². The first-order chi connectivity index (χ1) is 12.5. The SMILES string of the molecule is C=C(c1ccc(F)c(F)c1)c1nc(Nc2cc(C)[nH]n2)c2cccn2n1. The highest BCUT2D eigenvalue weighted by Crippen LogP contribution is 2.25. The average Bonchev–Trinajstić information content (AvgIpc) is 3.25. The molecule has 3 aromatic heterocycles. The highest BCUT2D eigenvalue weighted by molar-refractivity contribution is 5.78. The number of nitrogens with one attached hydrogen (secondary N) is 2. The van der Waals surface area contributed by atoms with Crippen LogP contribution >= 0.6 is 0 Å². The van der Waals surface area contributed by atoms with Gasteiger partial charge in [-0.05, 0) is 36.8 Å². The van der Waals surface area contributed by atoms with Crippen LogP contribution in [-0.4, -0.2) is 24.8 Å². The molecule has 0 fully saturated rings. The molecule has 0 amide bonds. The number of aromatic nitrogens is 5. The topological polar surface area (TPSA) is 70.9 Å². The van der Waals surface area contributed by atoms with Crippen molar-refractivity contribution in [2.75, 3.05) is 5.32 Å². The number of H-pyrrole nitrogens is 1. The van der Waals surface area contributed by atoms with E-state index in [9.17, 15) is 8.78 Å². The lowest BCUT2D eigenvalue weighted by Crippen LogP contribution is -2.06. The van der Waals surface area contributed by atoms with Crippen molar-refractivity contribution < 1.29 is 8.78 Å². The van der Waals surface area contributed by atoms with Gasteiger partial charge in [-0.2, -0.15) is 5.10 Å². The second kappa shape index (κ2) is 6.07. The van der Waals surface area contributed by atoms with E-state index in [1.807, 2.05) is 25.1 Å². The summed E-state index contributed by atoms with van der Waals surface area (Å²) in [7, 11) is 0. The first-order valence-corrected chi connectivity index (χ1v) is 7.80. The number of halogens is 2. The van der Waals surface area contributed by atoms with Gasteiger partial charge in [0.15, 0.2) is 29.1 Å². The first kappa shape index (κ1) is 15.9. The molecule has 1 aromatic carbocycles. The van der Waals surface area contributed by atoms with Crippen LogP contribution in [0.4, 0.5) is 20.4 Å². The Morgan fingerprint density at radius 3 is 2.77 bits per heavy atom. The first-order valence-electron chi connectivity index (χ1n) is 7.80. The molecule has 0 saturated carbocycles. The number of aryl methyl sites for hydroxylation is 1. The fourth-order valence-corrected chi connectivity index (χ4v) is 2.57. The molecule has 0 aliphatic carbocycles. The molecule has 26 heavy (non-hydrogen) atoms. The minimum Gasteiger partial charge on any atom is -0.322 e. The molecule has 0 saturated heterocycles. The Bertz CT molecular complexity index is 1130. The van der Waals surface area contributed by atoms with Crippen molar-refractivity contribution in [2.45, 2.75) is 6.92 Å². The maximum atomic E-state index is 13.5. The second-order valence-electron chi connectivity index (χ2n) is 5.79.